The van der Waals surface area contributed by atoms with Crippen molar-refractivity contribution in [2.45, 2.75) is 44.2 Å². The highest BCUT2D eigenvalue weighted by molar-refractivity contribution is 5.78. The number of pyridine rings is 1. The maximum atomic E-state index is 12.6. The summed E-state index contributed by atoms with van der Waals surface area (Å²) in [7, 11) is 0. The van der Waals surface area contributed by atoms with Gasteiger partial charge in [-0.1, -0.05) is 0 Å². The van der Waals surface area contributed by atoms with Crippen LogP contribution in [0.4, 0.5) is 0 Å². The molecule has 0 aromatic carbocycles. The molecule has 1 aliphatic heterocycles. The Hall–Kier alpha value is -2.34. The second kappa shape index (κ2) is 5.94. The summed E-state index contributed by atoms with van der Waals surface area (Å²) in [6, 6.07) is 3.83. The molecule has 1 amide bonds. The lowest BCUT2D eigenvalue weighted by Crippen LogP contribution is -2.45. The van der Waals surface area contributed by atoms with Crippen molar-refractivity contribution in [1.82, 2.24) is 19.9 Å². The zero-order valence-corrected chi connectivity index (χ0v) is 13.5. The number of carbonyl (C=O) groups excluding carboxylic acids is 1. The van der Waals surface area contributed by atoms with Gasteiger partial charge in [0.15, 0.2) is 0 Å². The molecule has 6 heteroatoms. The van der Waals surface area contributed by atoms with Crippen LogP contribution in [0.5, 0.6) is 0 Å². The first-order chi connectivity index (χ1) is 11.6. The second-order valence-corrected chi connectivity index (χ2v) is 6.70. The number of fused-ring (bicyclic) bond motifs is 1. The van der Waals surface area contributed by atoms with E-state index in [0.29, 0.717) is 13.1 Å². The summed E-state index contributed by atoms with van der Waals surface area (Å²) in [5.41, 5.74) is 3.07. The smallest absolute Gasteiger partial charge is 0.225 e. The molecule has 1 N–H and O–H groups in total. The number of carbonyl (C=O) groups is 1. The summed E-state index contributed by atoms with van der Waals surface area (Å²) in [4.78, 5) is 27.3. The predicted molar refractivity (Wildman–Crippen MR) is 87.8 cm³/mol. The molecule has 124 valence electrons. The van der Waals surface area contributed by atoms with Gasteiger partial charge in [0.2, 0.25) is 5.91 Å². The summed E-state index contributed by atoms with van der Waals surface area (Å²) in [5.74, 6) is 0.0207. The number of aliphatic hydroxyl groups is 1. The van der Waals surface area contributed by atoms with Gasteiger partial charge in [-0.3, -0.25) is 9.78 Å². The summed E-state index contributed by atoms with van der Waals surface area (Å²) in [6.45, 7) is 1.15. The van der Waals surface area contributed by atoms with E-state index < -0.39 is 5.60 Å². The third kappa shape index (κ3) is 2.78. The molecule has 0 spiro atoms. The summed E-state index contributed by atoms with van der Waals surface area (Å²) < 4.78 is 0. The molecule has 1 aliphatic carbocycles. The molecule has 0 unspecified atom stereocenters. The van der Waals surface area contributed by atoms with E-state index in [0.717, 1.165) is 48.2 Å². The first kappa shape index (κ1) is 15.2. The maximum Gasteiger partial charge on any atom is 0.225 e. The van der Waals surface area contributed by atoms with E-state index >= 15 is 0 Å². The maximum absolute atomic E-state index is 12.6. The first-order valence-corrected chi connectivity index (χ1v) is 8.38. The minimum absolute atomic E-state index is 0.0207. The van der Waals surface area contributed by atoms with Gasteiger partial charge in [0, 0.05) is 43.0 Å². The molecule has 24 heavy (non-hydrogen) atoms. The van der Waals surface area contributed by atoms with Gasteiger partial charge in [0.05, 0.1) is 23.4 Å². The Morgan fingerprint density at radius 1 is 1.25 bits per heavy atom. The van der Waals surface area contributed by atoms with Crippen LogP contribution in [0.1, 0.15) is 36.9 Å². The van der Waals surface area contributed by atoms with Crippen LogP contribution in [0.3, 0.4) is 0 Å². The lowest BCUT2D eigenvalue weighted by molar-refractivity contribution is -0.141. The van der Waals surface area contributed by atoms with Crippen LogP contribution >= 0.6 is 0 Å². The zero-order valence-electron chi connectivity index (χ0n) is 13.5. The topological polar surface area (TPSA) is 79.2 Å². The Labute approximate surface area is 140 Å². The third-order valence-electron chi connectivity index (χ3n) is 5.07. The van der Waals surface area contributed by atoms with Crippen LogP contribution in [0.25, 0.3) is 11.3 Å². The number of hydrogen-bond donors (Lipinski definition) is 1. The Bertz CT molecular complexity index is 759. The largest absolute Gasteiger partial charge is 0.389 e. The molecular weight excluding hydrogens is 304 g/mol. The van der Waals surface area contributed by atoms with Crippen molar-refractivity contribution in [2.75, 3.05) is 6.54 Å². The molecular formula is C18H20N4O2. The van der Waals surface area contributed by atoms with E-state index in [9.17, 15) is 9.90 Å². The van der Waals surface area contributed by atoms with Crippen molar-refractivity contribution < 1.29 is 9.90 Å². The van der Waals surface area contributed by atoms with Crippen molar-refractivity contribution in [1.29, 1.82) is 0 Å². The van der Waals surface area contributed by atoms with Crippen molar-refractivity contribution >= 4 is 5.91 Å². The van der Waals surface area contributed by atoms with Crippen LogP contribution in [0.2, 0.25) is 0 Å². The van der Waals surface area contributed by atoms with Gasteiger partial charge in [-0.15, -0.1) is 0 Å². The van der Waals surface area contributed by atoms with E-state index in [1.165, 1.54) is 0 Å². The lowest BCUT2D eigenvalue weighted by Gasteiger charge is -2.38. The van der Waals surface area contributed by atoms with Crippen LogP contribution in [0.15, 0.2) is 30.9 Å². The van der Waals surface area contributed by atoms with Crippen molar-refractivity contribution in [2.24, 2.45) is 0 Å². The van der Waals surface area contributed by atoms with Gasteiger partial charge in [-0.2, -0.15) is 0 Å². The summed E-state index contributed by atoms with van der Waals surface area (Å²) >= 11 is 0. The number of amides is 1. The van der Waals surface area contributed by atoms with E-state index in [2.05, 4.69) is 15.0 Å². The molecule has 2 aliphatic rings. The highest BCUT2D eigenvalue weighted by atomic mass is 16.3. The average molecular weight is 324 g/mol. The number of nitrogens with zero attached hydrogens (tertiary/aromatic N) is 4. The number of hydrogen-bond acceptors (Lipinski definition) is 5. The van der Waals surface area contributed by atoms with Crippen molar-refractivity contribution in [3.05, 3.63) is 42.1 Å². The molecule has 0 saturated heterocycles. The van der Waals surface area contributed by atoms with Gasteiger partial charge in [-0.25, -0.2) is 9.97 Å². The standard InChI is InChI=1S/C18H20N4O2/c23-16(10-18(24)5-1-6-18)22-9-4-15-14(11-22)17(21-12-20-15)13-2-7-19-8-3-13/h2-3,7-8,12,24H,1,4-6,9-11H2. The highest BCUT2D eigenvalue weighted by Gasteiger charge is 2.38. The van der Waals surface area contributed by atoms with E-state index in [4.69, 9.17) is 0 Å². The molecule has 3 heterocycles. The van der Waals surface area contributed by atoms with Gasteiger partial charge < -0.3 is 10.0 Å². The summed E-state index contributed by atoms with van der Waals surface area (Å²) in [6.07, 6.45) is 8.48. The molecule has 1 fully saturated rings. The van der Waals surface area contributed by atoms with E-state index in [-0.39, 0.29) is 12.3 Å². The molecule has 0 bridgehead atoms. The Morgan fingerprint density at radius 2 is 2.04 bits per heavy atom. The van der Waals surface area contributed by atoms with Gasteiger partial charge in [-0.05, 0) is 31.4 Å². The molecule has 6 nitrogen and oxygen atoms in total. The lowest BCUT2D eigenvalue weighted by atomic mass is 9.77. The monoisotopic (exact) mass is 324 g/mol. The van der Waals surface area contributed by atoms with Gasteiger partial charge >= 0.3 is 0 Å². The third-order valence-corrected chi connectivity index (χ3v) is 5.07. The van der Waals surface area contributed by atoms with Crippen LogP contribution in [-0.2, 0) is 17.8 Å². The molecule has 2 aromatic heterocycles. The second-order valence-electron chi connectivity index (χ2n) is 6.70. The molecule has 4 rings (SSSR count). The minimum atomic E-state index is -0.779. The average Bonchev–Trinajstić information content (AvgIpc) is 2.60. The molecule has 2 aromatic rings. The predicted octanol–water partition coefficient (Wildman–Crippen LogP) is 1.73. The molecule has 1 saturated carbocycles. The minimum Gasteiger partial charge on any atom is -0.389 e. The SMILES string of the molecule is O=C(CC1(O)CCC1)N1CCc2ncnc(-c3ccncc3)c2C1. The van der Waals surface area contributed by atoms with Crippen LogP contribution in [-0.4, -0.2) is 43.0 Å². The Balaban J connectivity index is 1.59. The van der Waals surface area contributed by atoms with Gasteiger partial charge in [0.25, 0.3) is 0 Å². The Kier molecular flexibility index (Phi) is 3.76. The summed E-state index contributed by atoms with van der Waals surface area (Å²) in [5, 5.41) is 10.3. The fraction of sp³-hybridized carbons (Fsp3) is 0.444. The van der Waals surface area contributed by atoms with Gasteiger partial charge in [0.1, 0.15) is 6.33 Å². The van der Waals surface area contributed by atoms with Crippen molar-refractivity contribution in [3.63, 3.8) is 0 Å². The fourth-order valence-corrected chi connectivity index (χ4v) is 3.47. The molecule has 0 radical (unpaired) electrons. The zero-order chi connectivity index (χ0) is 16.6. The fourth-order valence-electron chi connectivity index (χ4n) is 3.47. The van der Waals surface area contributed by atoms with E-state index in [1.54, 1.807) is 18.7 Å². The quantitative estimate of drug-likeness (QED) is 0.930. The van der Waals surface area contributed by atoms with E-state index in [1.807, 2.05) is 17.0 Å². The normalized spacial score (nSPS) is 18.6. The number of aromatic nitrogens is 3. The molecule has 0 atom stereocenters. The Morgan fingerprint density at radius 3 is 2.75 bits per heavy atom. The highest BCUT2D eigenvalue weighted by Crippen LogP contribution is 2.36. The van der Waals surface area contributed by atoms with Crippen molar-refractivity contribution in [3.8, 4) is 11.3 Å². The van der Waals surface area contributed by atoms with Crippen LogP contribution in [0, 0.1) is 0 Å². The number of rotatable bonds is 3. The van der Waals surface area contributed by atoms with Crippen LogP contribution < -0.4 is 0 Å². The first-order valence-electron chi connectivity index (χ1n) is 8.38.